The first-order valence-corrected chi connectivity index (χ1v) is 35.6. The fourth-order valence-corrected chi connectivity index (χ4v) is 10.7. The largest absolute Gasteiger partial charge is 0.472 e. The van der Waals surface area contributed by atoms with Crippen LogP contribution in [-0.2, 0) is 65.4 Å². The maximum atomic E-state index is 13.0. The zero-order valence-electron chi connectivity index (χ0n) is 52.1. The van der Waals surface area contributed by atoms with Gasteiger partial charge in [0.05, 0.1) is 26.4 Å². The number of phosphoric ester groups is 2. The summed E-state index contributed by atoms with van der Waals surface area (Å²) in [5.74, 6) is -0.594. The standard InChI is InChI=1S/C62H120O17P2/c1-7-11-13-15-17-19-28-34-40-46-61(66)78-57(50-72-59(64)44-38-32-26-18-16-14-12-8-2)52-76-80(68,69)74-48-56(63)49-75-81(70,71)77-53-58(79-62(67)47-41-35-29-23-21-25-31-37-43-55(6)10-4)51-73-60(65)45-39-33-27-22-20-24-30-36-42-54(5)9-3/h54-58,63H,7-53H2,1-6H3,(H,68,69)(H,70,71)/t54?,55?,56-,57+,58+/m0/s1. The lowest BCUT2D eigenvalue weighted by Crippen LogP contribution is -2.30. The van der Waals surface area contributed by atoms with E-state index in [-0.39, 0.29) is 25.7 Å². The van der Waals surface area contributed by atoms with E-state index in [4.69, 9.17) is 37.0 Å². The number of aliphatic hydroxyl groups excluding tert-OH is 1. The van der Waals surface area contributed by atoms with Crippen LogP contribution in [-0.4, -0.2) is 96.7 Å². The average Bonchev–Trinajstić information content (AvgIpc) is 3.44. The van der Waals surface area contributed by atoms with Crippen LogP contribution in [0.15, 0.2) is 0 Å². The third-order valence-corrected chi connectivity index (χ3v) is 16.8. The molecule has 0 aromatic rings. The zero-order valence-corrected chi connectivity index (χ0v) is 53.9. The minimum atomic E-state index is -4.94. The summed E-state index contributed by atoms with van der Waals surface area (Å²) in [6.07, 6.45) is 36.1. The van der Waals surface area contributed by atoms with Crippen molar-refractivity contribution in [1.82, 2.24) is 0 Å². The average molecular weight is 1200 g/mol. The summed E-state index contributed by atoms with van der Waals surface area (Å²) >= 11 is 0. The van der Waals surface area contributed by atoms with E-state index < -0.39 is 97.5 Å². The van der Waals surface area contributed by atoms with E-state index in [1.807, 2.05) is 0 Å². The number of phosphoric acid groups is 2. The first-order chi connectivity index (χ1) is 38.9. The molecule has 0 aromatic carbocycles. The van der Waals surface area contributed by atoms with E-state index in [0.29, 0.717) is 25.7 Å². The van der Waals surface area contributed by atoms with Gasteiger partial charge in [-0.15, -0.1) is 0 Å². The Morgan fingerprint density at radius 1 is 0.346 bits per heavy atom. The van der Waals surface area contributed by atoms with Crippen molar-refractivity contribution in [2.75, 3.05) is 39.6 Å². The van der Waals surface area contributed by atoms with E-state index in [2.05, 4.69) is 41.5 Å². The van der Waals surface area contributed by atoms with Gasteiger partial charge < -0.3 is 33.8 Å². The highest BCUT2D eigenvalue weighted by Crippen LogP contribution is 2.45. The minimum absolute atomic E-state index is 0.104. The van der Waals surface area contributed by atoms with Crippen LogP contribution in [0.25, 0.3) is 0 Å². The third kappa shape index (κ3) is 54.5. The molecule has 0 bridgehead atoms. The topological polar surface area (TPSA) is 237 Å². The summed E-state index contributed by atoms with van der Waals surface area (Å²) in [6.45, 7) is 9.44. The van der Waals surface area contributed by atoms with Gasteiger partial charge in [-0.2, -0.15) is 0 Å². The molecule has 4 unspecified atom stereocenters. The number of hydrogen-bond acceptors (Lipinski definition) is 15. The number of carbonyl (C=O) groups excluding carboxylic acids is 4. The lowest BCUT2D eigenvalue weighted by molar-refractivity contribution is -0.161. The van der Waals surface area contributed by atoms with Crippen molar-refractivity contribution in [3.05, 3.63) is 0 Å². The van der Waals surface area contributed by atoms with E-state index in [1.54, 1.807) is 0 Å². The molecule has 0 aromatic heterocycles. The van der Waals surface area contributed by atoms with Crippen LogP contribution in [0.2, 0.25) is 0 Å². The Bertz CT molecular complexity index is 1600. The lowest BCUT2D eigenvalue weighted by Gasteiger charge is -2.21. The molecule has 0 aliphatic carbocycles. The highest BCUT2D eigenvalue weighted by Gasteiger charge is 2.30. The molecule has 0 saturated carbocycles. The van der Waals surface area contributed by atoms with E-state index >= 15 is 0 Å². The molecule has 0 spiro atoms. The second-order valence-electron chi connectivity index (χ2n) is 22.9. The molecule has 0 aliphatic heterocycles. The van der Waals surface area contributed by atoms with Crippen LogP contribution in [0.5, 0.6) is 0 Å². The van der Waals surface area contributed by atoms with Gasteiger partial charge in [0.2, 0.25) is 0 Å². The molecule has 81 heavy (non-hydrogen) atoms. The summed E-state index contributed by atoms with van der Waals surface area (Å²) in [7, 11) is -9.88. The van der Waals surface area contributed by atoms with Gasteiger partial charge >= 0.3 is 39.5 Å². The van der Waals surface area contributed by atoms with Crippen LogP contribution < -0.4 is 0 Å². The molecular weight excluding hydrogens is 1080 g/mol. The molecule has 0 radical (unpaired) electrons. The Hall–Kier alpha value is -1.94. The molecule has 0 aliphatic rings. The smallest absolute Gasteiger partial charge is 0.462 e. The van der Waals surface area contributed by atoms with E-state index in [0.717, 1.165) is 108 Å². The van der Waals surface area contributed by atoms with Crippen LogP contribution in [0, 0.1) is 11.8 Å². The Balaban J connectivity index is 5.24. The van der Waals surface area contributed by atoms with Gasteiger partial charge in [0.25, 0.3) is 0 Å². The Labute approximate surface area is 492 Å². The molecule has 7 atom stereocenters. The first-order valence-electron chi connectivity index (χ1n) is 32.6. The summed E-state index contributed by atoms with van der Waals surface area (Å²) in [5, 5.41) is 10.5. The number of hydrogen-bond donors (Lipinski definition) is 3. The summed E-state index contributed by atoms with van der Waals surface area (Å²) < 4.78 is 67.8. The zero-order chi connectivity index (χ0) is 60.1. The molecular formula is C62H120O17P2. The molecule has 17 nitrogen and oxygen atoms in total. The Kier molecular flexibility index (Phi) is 53.4. The molecule has 0 rings (SSSR count). The van der Waals surface area contributed by atoms with Crippen LogP contribution in [0.3, 0.4) is 0 Å². The van der Waals surface area contributed by atoms with Crippen molar-refractivity contribution in [3.63, 3.8) is 0 Å². The Morgan fingerprint density at radius 3 is 0.877 bits per heavy atom. The number of aliphatic hydroxyl groups is 1. The quantitative estimate of drug-likeness (QED) is 0.0222. The lowest BCUT2D eigenvalue weighted by atomic mass is 9.99. The number of unbranched alkanes of at least 4 members (excludes halogenated alkanes) is 29. The Morgan fingerprint density at radius 2 is 0.593 bits per heavy atom. The second-order valence-corrected chi connectivity index (χ2v) is 25.8. The third-order valence-electron chi connectivity index (χ3n) is 14.9. The highest BCUT2D eigenvalue weighted by molar-refractivity contribution is 7.47. The normalized spacial score (nSPS) is 15.0. The summed E-state index contributed by atoms with van der Waals surface area (Å²) in [4.78, 5) is 72.0. The van der Waals surface area contributed by atoms with Gasteiger partial charge in [0, 0.05) is 25.7 Å². The predicted molar refractivity (Wildman–Crippen MR) is 321 cm³/mol. The maximum absolute atomic E-state index is 13.0. The van der Waals surface area contributed by atoms with Crippen LogP contribution in [0.4, 0.5) is 0 Å². The highest BCUT2D eigenvalue weighted by atomic mass is 31.2. The van der Waals surface area contributed by atoms with Crippen molar-refractivity contribution >= 4 is 39.5 Å². The van der Waals surface area contributed by atoms with Gasteiger partial charge in [-0.05, 0) is 37.5 Å². The van der Waals surface area contributed by atoms with Gasteiger partial charge in [0.15, 0.2) is 12.2 Å². The minimum Gasteiger partial charge on any atom is -0.462 e. The molecule has 0 amide bonds. The molecule has 19 heteroatoms. The maximum Gasteiger partial charge on any atom is 0.472 e. The first kappa shape index (κ1) is 79.1. The van der Waals surface area contributed by atoms with Crippen molar-refractivity contribution < 1.29 is 80.2 Å². The fraction of sp³-hybridized carbons (Fsp3) is 0.935. The van der Waals surface area contributed by atoms with Crippen molar-refractivity contribution in [2.45, 2.75) is 323 Å². The number of rotatable bonds is 61. The van der Waals surface area contributed by atoms with E-state index in [9.17, 15) is 43.2 Å². The van der Waals surface area contributed by atoms with Crippen molar-refractivity contribution in [3.8, 4) is 0 Å². The van der Waals surface area contributed by atoms with Crippen molar-refractivity contribution in [1.29, 1.82) is 0 Å². The van der Waals surface area contributed by atoms with Gasteiger partial charge in [-0.25, -0.2) is 9.13 Å². The fourth-order valence-electron chi connectivity index (χ4n) is 9.11. The number of esters is 4. The van der Waals surface area contributed by atoms with Crippen LogP contribution >= 0.6 is 15.6 Å². The van der Waals surface area contributed by atoms with Crippen molar-refractivity contribution in [2.24, 2.45) is 11.8 Å². The number of ether oxygens (including phenoxy) is 4. The van der Waals surface area contributed by atoms with E-state index in [1.165, 1.54) is 116 Å². The number of carbonyl (C=O) groups is 4. The monoisotopic (exact) mass is 1200 g/mol. The van der Waals surface area contributed by atoms with Gasteiger partial charge in [-0.1, -0.05) is 253 Å². The molecule has 0 saturated heterocycles. The summed E-state index contributed by atoms with van der Waals surface area (Å²) in [6, 6.07) is 0. The predicted octanol–water partition coefficient (Wildman–Crippen LogP) is 16.9. The second kappa shape index (κ2) is 54.7. The summed E-state index contributed by atoms with van der Waals surface area (Å²) in [5.41, 5.74) is 0. The molecule has 0 heterocycles. The molecule has 480 valence electrons. The van der Waals surface area contributed by atoms with Crippen LogP contribution in [0.1, 0.15) is 305 Å². The van der Waals surface area contributed by atoms with Gasteiger partial charge in [-0.3, -0.25) is 37.3 Å². The molecule has 0 fully saturated rings. The SMILES string of the molecule is CCCCCCCCCCCC(=O)O[C@H](COC(=O)CCCCCCCCCC)COP(=O)(O)OC[C@H](O)COP(=O)(O)OC[C@@H](COC(=O)CCCCCCCCCCC(C)CC)OC(=O)CCCCCCCCCCC(C)CC. The molecule has 3 N–H and O–H groups in total. The van der Waals surface area contributed by atoms with Gasteiger partial charge in [0.1, 0.15) is 19.3 Å².